The van der Waals surface area contributed by atoms with E-state index in [1.54, 1.807) is 13.1 Å². The molecule has 0 fully saturated rings. The third-order valence-electron chi connectivity index (χ3n) is 2.24. The van der Waals surface area contributed by atoms with Gasteiger partial charge in [-0.3, -0.25) is 14.8 Å². The van der Waals surface area contributed by atoms with Crippen molar-refractivity contribution in [3.05, 3.63) is 34.6 Å². The van der Waals surface area contributed by atoms with Gasteiger partial charge in [-0.1, -0.05) is 0 Å². The first-order valence-corrected chi connectivity index (χ1v) is 4.80. The van der Waals surface area contributed by atoms with Crippen molar-refractivity contribution in [3.8, 4) is 17.1 Å². The van der Waals surface area contributed by atoms with E-state index in [-0.39, 0.29) is 5.69 Å². The van der Waals surface area contributed by atoms with Crippen LogP contribution in [0.3, 0.4) is 0 Å². The van der Waals surface area contributed by atoms with E-state index in [4.69, 9.17) is 4.74 Å². The number of rotatable bonds is 3. The molecule has 0 atom stereocenters. The van der Waals surface area contributed by atoms with Crippen molar-refractivity contribution in [1.29, 1.82) is 0 Å². The predicted molar refractivity (Wildman–Crippen MR) is 59.6 cm³/mol. The lowest BCUT2D eigenvalue weighted by molar-refractivity contribution is -0.384. The van der Waals surface area contributed by atoms with Crippen molar-refractivity contribution in [2.24, 2.45) is 7.05 Å². The monoisotopic (exact) mass is 234 g/mol. The average Bonchev–Trinajstić information content (AvgIpc) is 2.75. The van der Waals surface area contributed by atoms with E-state index in [0.29, 0.717) is 17.1 Å². The molecule has 0 amide bonds. The molecule has 0 aliphatic rings. The normalized spacial score (nSPS) is 10.2. The van der Waals surface area contributed by atoms with Crippen LogP contribution >= 0.6 is 0 Å². The number of hydrogen-bond donors (Lipinski definition) is 0. The number of aromatic nitrogens is 3. The Morgan fingerprint density at radius 2 is 2.24 bits per heavy atom. The summed E-state index contributed by atoms with van der Waals surface area (Å²) in [4.78, 5) is 14.4. The Morgan fingerprint density at radius 1 is 1.47 bits per heavy atom. The molecule has 0 unspecified atom stereocenters. The Kier molecular flexibility index (Phi) is 2.73. The number of aryl methyl sites for hydroxylation is 1. The zero-order chi connectivity index (χ0) is 12.4. The van der Waals surface area contributed by atoms with Crippen LogP contribution in [0, 0.1) is 10.1 Å². The maximum atomic E-state index is 10.9. The minimum Gasteiger partial charge on any atom is -0.497 e. The van der Waals surface area contributed by atoms with Gasteiger partial charge in [0.25, 0.3) is 5.69 Å². The number of hydrogen-bond acceptors (Lipinski definition) is 5. The fourth-order valence-electron chi connectivity index (χ4n) is 1.44. The zero-order valence-electron chi connectivity index (χ0n) is 9.32. The van der Waals surface area contributed by atoms with Gasteiger partial charge in [0.05, 0.1) is 12.0 Å². The highest BCUT2D eigenvalue weighted by atomic mass is 16.6. The van der Waals surface area contributed by atoms with E-state index in [0.717, 1.165) is 0 Å². The minimum absolute atomic E-state index is 0.0444. The molecule has 0 N–H and O–H groups in total. The maximum Gasteiger partial charge on any atom is 0.280 e. The summed E-state index contributed by atoms with van der Waals surface area (Å²) in [5.41, 5.74) is 0.298. The van der Waals surface area contributed by atoms with Gasteiger partial charge in [0.1, 0.15) is 17.6 Å². The van der Waals surface area contributed by atoms with E-state index in [1.807, 2.05) is 0 Å². The van der Waals surface area contributed by atoms with Crippen LogP contribution in [0.15, 0.2) is 24.5 Å². The van der Waals surface area contributed by atoms with Gasteiger partial charge >= 0.3 is 0 Å². The number of ether oxygens (including phenoxy) is 1. The molecule has 0 bridgehead atoms. The zero-order valence-corrected chi connectivity index (χ0v) is 9.32. The molecular formula is C10H10N4O3. The molecule has 0 saturated carbocycles. The van der Waals surface area contributed by atoms with Crippen LogP contribution in [0.25, 0.3) is 11.4 Å². The quantitative estimate of drug-likeness (QED) is 0.592. The highest BCUT2D eigenvalue weighted by Crippen LogP contribution is 2.30. The van der Waals surface area contributed by atoms with Gasteiger partial charge in [0, 0.05) is 13.1 Å². The molecule has 88 valence electrons. The van der Waals surface area contributed by atoms with Crippen LogP contribution in [0.1, 0.15) is 0 Å². The van der Waals surface area contributed by atoms with Crippen molar-refractivity contribution in [2.75, 3.05) is 7.11 Å². The number of nitrogens with zero attached hydrogens (tertiary/aromatic N) is 4. The summed E-state index contributed by atoms with van der Waals surface area (Å²) in [5.74, 6) is 0.830. The van der Waals surface area contributed by atoms with Gasteiger partial charge in [0.2, 0.25) is 0 Å². The lowest BCUT2D eigenvalue weighted by Gasteiger charge is -2.02. The highest BCUT2D eigenvalue weighted by molar-refractivity contribution is 5.69. The molecule has 2 aromatic rings. The summed E-state index contributed by atoms with van der Waals surface area (Å²) >= 11 is 0. The SMILES string of the molecule is COc1ccc([N+](=O)[O-])c(-c2ncn(C)n2)c1. The van der Waals surface area contributed by atoms with E-state index in [9.17, 15) is 10.1 Å². The smallest absolute Gasteiger partial charge is 0.280 e. The molecule has 0 aliphatic heterocycles. The lowest BCUT2D eigenvalue weighted by atomic mass is 10.1. The van der Waals surface area contributed by atoms with Crippen LogP contribution in [-0.4, -0.2) is 26.8 Å². The van der Waals surface area contributed by atoms with Crippen LogP contribution in [0.5, 0.6) is 5.75 Å². The third kappa shape index (κ3) is 2.07. The van der Waals surface area contributed by atoms with E-state index in [2.05, 4.69) is 10.1 Å². The van der Waals surface area contributed by atoms with Gasteiger partial charge < -0.3 is 4.74 Å². The van der Waals surface area contributed by atoms with Gasteiger partial charge in [-0.2, -0.15) is 5.10 Å². The van der Waals surface area contributed by atoms with E-state index >= 15 is 0 Å². The number of methoxy groups -OCH3 is 1. The molecule has 2 rings (SSSR count). The molecule has 1 aromatic carbocycles. The lowest BCUT2D eigenvalue weighted by Crippen LogP contribution is -1.95. The van der Waals surface area contributed by atoms with Crippen LogP contribution in [-0.2, 0) is 7.05 Å². The second-order valence-electron chi connectivity index (χ2n) is 3.38. The summed E-state index contributed by atoms with van der Waals surface area (Å²) in [6, 6.07) is 4.46. The summed E-state index contributed by atoms with van der Waals surface area (Å²) in [7, 11) is 3.19. The largest absolute Gasteiger partial charge is 0.497 e. The van der Waals surface area contributed by atoms with Crippen molar-refractivity contribution in [2.45, 2.75) is 0 Å². The first-order valence-electron chi connectivity index (χ1n) is 4.80. The predicted octanol–water partition coefficient (Wildman–Crippen LogP) is 1.40. The van der Waals surface area contributed by atoms with Crippen LogP contribution < -0.4 is 4.74 Å². The van der Waals surface area contributed by atoms with E-state index < -0.39 is 4.92 Å². The Morgan fingerprint density at radius 3 is 2.76 bits per heavy atom. The minimum atomic E-state index is -0.467. The molecule has 0 radical (unpaired) electrons. The van der Waals surface area contributed by atoms with Gasteiger partial charge in [-0.05, 0) is 12.1 Å². The standard InChI is InChI=1S/C10H10N4O3/c1-13-6-11-10(12-13)8-5-7(17-2)3-4-9(8)14(15)16/h3-6H,1-2H3. The Labute approximate surface area is 96.8 Å². The summed E-state index contributed by atoms with van der Waals surface area (Å²) in [6.07, 6.45) is 1.48. The van der Waals surface area contributed by atoms with Gasteiger partial charge in [-0.25, -0.2) is 4.98 Å². The van der Waals surface area contributed by atoms with Gasteiger partial charge in [-0.15, -0.1) is 0 Å². The summed E-state index contributed by atoms with van der Waals surface area (Å²) < 4.78 is 6.52. The first-order chi connectivity index (χ1) is 8.11. The average molecular weight is 234 g/mol. The van der Waals surface area contributed by atoms with E-state index in [1.165, 1.54) is 30.3 Å². The second kappa shape index (κ2) is 4.20. The molecule has 1 heterocycles. The number of nitro groups is 1. The molecule has 0 aliphatic carbocycles. The van der Waals surface area contributed by atoms with Crippen molar-refractivity contribution < 1.29 is 9.66 Å². The summed E-state index contributed by atoms with van der Waals surface area (Å²) in [6.45, 7) is 0. The number of nitro benzene ring substituents is 1. The van der Waals surface area contributed by atoms with Crippen LogP contribution in [0.4, 0.5) is 5.69 Å². The third-order valence-corrected chi connectivity index (χ3v) is 2.24. The molecule has 7 nitrogen and oxygen atoms in total. The summed E-state index contributed by atoms with van der Waals surface area (Å²) in [5, 5.41) is 14.9. The first kappa shape index (κ1) is 11.1. The highest BCUT2D eigenvalue weighted by Gasteiger charge is 2.19. The fraction of sp³-hybridized carbons (Fsp3) is 0.200. The molecule has 0 saturated heterocycles. The van der Waals surface area contributed by atoms with Crippen molar-refractivity contribution in [3.63, 3.8) is 0 Å². The Bertz CT molecular complexity index is 564. The molecule has 7 heteroatoms. The fourth-order valence-corrected chi connectivity index (χ4v) is 1.44. The maximum absolute atomic E-state index is 10.9. The van der Waals surface area contributed by atoms with Crippen LogP contribution in [0.2, 0.25) is 0 Å². The van der Waals surface area contributed by atoms with Crippen molar-refractivity contribution >= 4 is 5.69 Å². The Hall–Kier alpha value is -2.44. The molecular weight excluding hydrogens is 224 g/mol. The molecule has 0 spiro atoms. The topological polar surface area (TPSA) is 83.1 Å². The molecule has 17 heavy (non-hydrogen) atoms. The van der Waals surface area contributed by atoms with Gasteiger partial charge in [0.15, 0.2) is 5.82 Å². The van der Waals surface area contributed by atoms with Crippen molar-refractivity contribution in [1.82, 2.24) is 14.8 Å². The number of benzene rings is 1. The Balaban J connectivity index is 2.60. The molecule has 1 aromatic heterocycles. The second-order valence-corrected chi connectivity index (χ2v) is 3.38.